The Morgan fingerprint density at radius 1 is 1.45 bits per heavy atom. The number of hydrogen-bond donors (Lipinski definition) is 1. The predicted molar refractivity (Wildman–Crippen MR) is 63.8 cm³/mol. The van der Waals surface area contributed by atoms with E-state index in [1.54, 1.807) is 0 Å². The number of halogens is 3. The van der Waals surface area contributed by atoms with E-state index in [4.69, 9.17) is 4.52 Å². The highest BCUT2D eigenvalue weighted by Crippen LogP contribution is 2.28. The normalized spacial score (nSPS) is 24.0. The van der Waals surface area contributed by atoms with Crippen molar-refractivity contribution >= 4 is 0 Å². The van der Waals surface area contributed by atoms with Crippen LogP contribution in [-0.2, 0) is 11.3 Å². The molecule has 0 saturated carbocycles. The summed E-state index contributed by atoms with van der Waals surface area (Å²) in [5.41, 5.74) is 0. The standard InChI is InChI=1S/C12H18F3N3O2/c1-2-8-3-4-16-9(5-8)11-17-10(18-20-11)6-19-7-12(13,14)15/h8-9,16H,2-7H2,1H3. The molecule has 0 bridgehead atoms. The lowest BCUT2D eigenvalue weighted by molar-refractivity contribution is -0.177. The first-order valence-corrected chi connectivity index (χ1v) is 6.68. The van der Waals surface area contributed by atoms with Gasteiger partial charge in [-0.3, -0.25) is 0 Å². The van der Waals surface area contributed by atoms with Gasteiger partial charge in [-0.1, -0.05) is 18.5 Å². The molecule has 1 fully saturated rings. The Labute approximate surface area is 114 Å². The van der Waals surface area contributed by atoms with Gasteiger partial charge in [0.2, 0.25) is 5.89 Å². The zero-order valence-electron chi connectivity index (χ0n) is 11.2. The fourth-order valence-corrected chi connectivity index (χ4v) is 2.28. The Hall–Kier alpha value is -1.15. The van der Waals surface area contributed by atoms with Crippen molar-refractivity contribution < 1.29 is 22.4 Å². The zero-order valence-corrected chi connectivity index (χ0v) is 11.2. The summed E-state index contributed by atoms with van der Waals surface area (Å²) in [5.74, 6) is 1.18. The quantitative estimate of drug-likeness (QED) is 0.904. The number of hydrogen-bond acceptors (Lipinski definition) is 5. The highest BCUT2D eigenvalue weighted by Gasteiger charge is 2.28. The Morgan fingerprint density at radius 2 is 2.25 bits per heavy atom. The van der Waals surface area contributed by atoms with Gasteiger partial charge in [-0.05, 0) is 25.3 Å². The van der Waals surface area contributed by atoms with Crippen LogP contribution in [0.3, 0.4) is 0 Å². The van der Waals surface area contributed by atoms with Crippen LogP contribution in [0.1, 0.15) is 43.9 Å². The molecule has 1 aromatic rings. The Kier molecular flexibility index (Phi) is 4.98. The molecule has 0 aromatic carbocycles. The van der Waals surface area contributed by atoms with Crippen LogP contribution in [0, 0.1) is 5.92 Å². The summed E-state index contributed by atoms with van der Waals surface area (Å²) in [7, 11) is 0. The molecule has 1 aliphatic heterocycles. The van der Waals surface area contributed by atoms with Gasteiger partial charge in [0.25, 0.3) is 0 Å². The first-order chi connectivity index (χ1) is 9.48. The third kappa shape index (κ3) is 4.45. The summed E-state index contributed by atoms with van der Waals surface area (Å²) >= 11 is 0. The third-order valence-corrected chi connectivity index (χ3v) is 3.37. The minimum Gasteiger partial charge on any atom is -0.364 e. The molecule has 1 aromatic heterocycles. The van der Waals surface area contributed by atoms with E-state index in [1.165, 1.54) is 0 Å². The van der Waals surface area contributed by atoms with E-state index in [0.717, 1.165) is 25.8 Å². The van der Waals surface area contributed by atoms with Crippen LogP contribution in [0.2, 0.25) is 0 Å². The number of alkyl halides is 3. The maximum Gasteiger partial charge on any atom is 0.411 e. The fraction of sp³-hybridized carbons (Fsp3) is 0.833. The van der Waals surface area contributed by atoms with E-state index in [0.29, 0.717) is 11.8 Å². The summed E-state index contributed by atoms with van der Waals surface area (Å²) in [6, 6.07) is -0.0161. The largest absolute Gasteiger partial charge is 0.411 e. The first-order valence-electron chi connectivity index (χ1n) is 6.68. The molecule has 8 heteroatoms. The molecule has 1 aliphatic rings. The molecule has 1 saturated heterocycles. The molecule has 1 N–H and O–H groups in total. The van der Waals surface area contributed by atoms with Crippen molar-refractivity contribution in [1.29, 1.82) is 0 Å². The molecular formula is C12H18F3N3O2. The molecule has 0 aliphatic carbocycles. The predicted octanol–water partition coefficient (Wildman–Crippen LogP) is 2.60. The van der Waals surface area contributed by atoms with Gasteiger partial charge in [0.1, 0.15) is 13.2 Å². The van der Waals surface area contributed by atoms with Gasteiger partial charge in [-0.15, -0.1) is 0 Å². The molecule has 5 nitrogen and oxygen atoms in total. The summed E-state index contributed by atoms with van der Waals surface area (Å²) in [6.45, 7) is 1.41. The van der Waals surface area contributed by atoms with E-state index in [1.807, 2.05) is 0 Å². The second kappa shape index (κ2) is 6.53. The second-order valence-corrected chi connectivity index (χ2v) is 4.96. The number of rotatable bonds is 5. The topological polar surface area (TPSA) is 60.2 Å². The lowest BCUT2D eigenvalue weighted by Gasteiger charge is -2.27. The maximum absolute atomic E-state index is 11.9. The Morgan fingerprint density at radius 3 is 2.95 bits per heavy atom. The van der Waals surface area contributed by atoms with E-state index in [9.17, 15) is 13.2 Å². The summed E-state index contributed by atoms with van der Waals surface area (Å²) in [4.78, 5) is 4.09. The van der Waals surface area contributed by atoms with E-state index >= 15 is 0 Å². The van der Waals surface area contributed by atoms with Gasteiger partial charge in [-0.25, -0.2) is 0 Å². The smallest absolute Gasteiger partial charge is 0.364 e. The fourth-order valence-electron chi connectivity index (χ4n) is 2.28. The van der Waals surface area contributed by atoms with Crippen LogP contribution in [0.15, 0.2) is 4.52 Å². The highest BCUT2D eigenvalue weighted by molar-refractivity contribution is 4.95. The SMILES string of the molecule is CCC1CCNC(c2nc(COCC(F)(F)F)no2)C1. The van der Waals surface area contributed by atoms with Crippen molar-refractivity contribution in [3.63, 3.8) is 0 Å². The van der Waals surface area contributed by atoms with Crippen LogP contribution in [0.5, 0.6) is 0 Å². The van der Waals surface area contributed by atoms with Crippen LogP contribution in [-0.4, -0.2) is 29.5 Å². The molecular weight excluding hydrogens is 275 g/mol. The van der Waals surface area contributed by atoms with E-state index in [2.05, 4.69) is 27.1 Å². The third-order valence-electron chi connectivity index (χ3n) is 3.37. The Balaban J connectivity index is 1.85. The molecule has 2 atom stereocenters. The summed E-state index contributed by atoms with van der Waals surface area (Å²) in [5, 5.41) is 6.92. The number of piperidine rings is 1. The van der Waals surface area contributed by atoms with Gasteiger partial charge in [0.15, 0.2) is 5.82 Å². The lowest BCUT2D eigenvalue weighted by Crippen LogP contribution is -2.31. The van der Waals surface area contributed by atoms with Crippen LogP contribution in [0.4, 0.5) is 13.2 Å². The van der Waals surface area contributed by atoms with Crippen molar-refractivity contribution in [1.82, 2.24) is 15.5 Å². The average Bonchev–Trinajstić information content (AvgIpc) is 2.86. The molecule has 114 valence electrons. The van der Waals surface area contributed by atoms with Gasteiger partial charge in [0, 0.05) is 0 Å². The summed E-state index contributed by atoms with van der Waals surface area (Å²) in [6.07, 6.45) is -1.23. The molecule has 0 amide bonds. The first kappa shape index (κ1) is 15.2. The van der Waals surface area contributed by atoms with E-state index < -0.39 is 12.8 Å². The van der Waals surface area contributed by atoms with Crippen LogP contribution < -0.4 is 5.32 Å². The highest BCUT2D eigenvalue weighted by atomic mass is 19.4. The molecule has 0 spiro atoms. The zero-order chi connectivity index (χ0) is 14.6. The molecule has 2 heterocycles. The second-order valence-electron chi connectivity index (χ2n) is 4.96. The monoisotopic (exact) mass is 293 g/mol. The van der Waals surface area contributed by atoms with Crippen molar-refractivity contribution in [2.45, 2.75) is 45.0 Å². The molecule has 2 rings (SSSR count). The van der Waals surface area contributed by atoms with Crippen molar-refractivity contribution in [3.05, 3.63) is 11.7 Å². The lowest BCUT2D eigenvalue weighted by atomic mass is 9.90. The van der Waals surface area contributed by atoms with Crippen molar-refractivity contribution in [2.24, 2.45) is 5.92 Å². The number of nitrogens with zero attached hydrogens (tertiary/aromatic N) is 2. The van der Waals surface area contributed by atoms with Crippen molar-refractivity contribution in [2.75, 3.05) is 13.2 Å². The minimum atomic E-state index is -4.34. The number of ether oxygens (including phenoxy) is 1. The number of aromatic nitrogens is 2. The van der Waals surface area contributed by atoms with Crippen LogP contribution >= 0.6 is 0 Å². The molecule has 20 heavy (non-hydrogen) atoms. The van der Waals surface area contributed by atoms with Gasteiger partial charge in [-0.2, -0.15) is 18.2 Å². The van der Waals surface area contributed by atoms with Gasteiger partial charge < -0.3 is 14.6 Å². The average molecular weight is 293 g/mol. The molecule has 0 radical (unpaired) electrons. The molecule has 2 unspecified atom stereocenters. The van der Waals surface area contributed by atoms with Gasteiger partial charge >= 0.3 is 6.18 Å². The summed E-state index contributed by atoms with van der Waals surface area (Å²) < 4.78 is 45.4. The van der Waals surface area contributed by atoms with Crippen LogP contribution in [0.25, 0.3) is 0 Å². The van der Waals surface area contributed by atoms with Gasteiger partial charge in [0.05, 0.1) is 6.04 Å². The minimum absolute atomic E-state index is 0.0161. The van der Waals surface area contributed by atoms with E-state index in [-0.39, 0.29) is 18.5 Å². The maximum atomic E-state index is 11.9. The number of nitrogens with one attached hydrogen (secondary N) is 1. The van der Waals surface area contributed by atoms with Crippen molar-refractivity contribution in [3.8, 4) is 0 Å². The Bertz CT molecular complexity index is 422.